The summed E-state index contributed by atoms with van der Waals surface area (Å²) >= 11 is 5.74. The van der Waals surface area contributed by atoms with E-state index in [0.29, 0.717) is 18.1 Å². The number of thiocarbonyl (C=S) groups is 1. The summed E-state index contributed by atoms with van der Waals surface area (Å²) in [5.74, 6) is 0. The maximum atomic E-state index is 9.48. The first-order valence-electron chi connectivity index (χ1n) is 11.2. The van der Waals surface area contributed by atoms with Crippen LogP contribution < -0.4 is 5.32 Å². The molecule has 1 aliphatic heterocycles. The van der Waals surface area contributed by atoms with E-state index in [1.807, 2.05) is 18.3 Å². The average molecular weight is 449 g/mol. The molecule has 0 unspecified atom stereocenters. The Hall–Kier alpha value is -2.70. The number of pyridine rings is 1. The van der Waals surface area contributed by atoms with Gasteiger partial charge < -0.3 is 19.9 Å². The number of aromatic nitrogens is 2. The van der Waals surface area contributed by atoms with Gasteiger partial charge in [-0.15, -0.1) is 0 Å². The fourth-order valence-corrected chi connectivity index (χ4v) is 5.51. The van der Waals surface area contributed by atoms with Gasteiger partial charge in [-0.25, -0.2) is 0 Å². The molecule has 1 aliphatic rings. The van der Waals surface area contributed by atoms with E-state index in [1.54, 1.807) is 0 Å². The Labute approximate surface area is 196 Å². The summed E-state index contributed by atoms with van der Waals surface area (Å²) in [4.78, 5) is 6.85. The van der Waals surface area contributed by atoms with Crippen molar-refractivity contribution in [1.29, 1.82) is 0 Å². The van der Waals surface area contributed by atoms with Crippen LogP contribution in [0.2, 0.25) is 0 Å². The number of benzene rings is 1. The van der Waals surface area contributed by atoms with Crippen LogP contribution in [0.1, 0.15) is 57.8 Å². The van der Waals surface area contributed by atoms with E-state index in [0.717, 1.165) is 5.69 Å². The van der Waals surface area contributed by atoms with Crippen molar-refractivity contribution >= 4 is 17.3 Å². The Morgan fingerprint density at radius 2 is 1.78 bits per heavy atom. The highest BCUT2D eigenvalue weighted by atomic mass is 32.1. The van der Waals surface area contributed by atoms with E-state index < -0.39 is 0 Å². The quantitative estimate of drug-likeness (QED) is 0.532. The Kier molecular flexibility index (Phi) is 6.35. The van der Waals surface area contributed by atoms with Gasteiger partial charge in [0, 0.05) is 30.7 Å². The SMILES string of the molecule is Cc1cc(C)c(-n2c(C)cc([C@@H]3[C@H](c4ccccn4)NC(=S)N3CCCO)c2C)c(C)c1. The average Bonchev–Trinajstić information content (AvgIpc) is 3.22. The van der Waals surface area contributed by atoms with Crippen LogP contribution in [0.3, 0.4) is 0 Å². The molecule has 1 aromatic carbocycles. The molecule has 5 nitrogen and oxygen atoms in total. The molecule has 168 valence electrons. The van der Waals surface area contributed by atoms with Gasteiger partial charge in [-0.3, -0.25) is 4.98 Å². The lowest BCUT2D eigenvalue weighted by Gasteiger charge is -2.28. The van der Waals surface area contributed by atoms with Gasteiger partial charge in [0.15, 0.2) is 5.11 Å². The molecule has 2 N–H and O–H groups in total. The van der Waals surface area contributed by atoms with Gasteiger partial charge in [-0.1, -0.05) is 23.8 Å². The minimum atomic E-state index is -0.0449. The van der Waals surface area contributed by atoms with Gasteiger partial charge in [0.2, 0.25) is 0 Å². The number of nitrogens with one attached hydrogen (secondary N) is 1. The minimum Gasteiger partial charge on any atom is -0.396 e. The predicted octanol–water partition coefficient (Wildman–Crippen LogP) is 4.77. The van der Waals surface area contributed by atoms with Crippen LogP contribution in [-0.4, -0.2) is 37.8 Å². The number of nitrogens with zero attached hydrogens (tertiary/aromatic N) is 3. The fraction of sp³-hybridized carbons (Fsp3) is 0.385. The molecular formula is C26H32N4OS. The van der Waals surface area contributed by atoms with Crippen molar-refractivity contribution in [2.24, 2.45) is 0 Å². The molecule has 2 atom stereocenters. The van der Waals surface area contributed by atoms with Crippen molar-refractivity contribution in [3.05, 3.63) is 81.9 Å². The van der Waals surface area contributed by atoms with Gasteiger partial charge >= 0.3 is 0 Å². The standard InChI is InChI=1S/C26H32N4OS/c1-16-13-17(2)24(18(3)14-16)30-19(4)15-21(20(30)5)25-23(22-9-6-7-10-27-22)28-26(32)29(25)11-8-12-31/h6-7,9-10,13-15,23,25,31H,8,11-12H2,1-5H3,(H,28,32)/t23-,25+/m0/s1. The number of aryl methyl sites for hydroxylation is 4. The molecule has 0 saturated carbocycles. The largest absolute Gasteiger partial charge is 0.396 e. The lowest BCUT2D eigenvalue weighted by Crippen LogP contribution is -2.31. The van der Waals surface area contributed by atoms with Crippen molar-refractivity contribution < 1.29 is 5.11 Å². The zero-order valence-corrected chi connectivity index (χ0v) is 20.3. The Morgan fingerprint density at radius 3 is 2.41 bits per heavy atom. The van der Waals surface area contributed by atoms with Crippen molar-refractivity contribution in [1.82, 2.24) is 19.8 Å². The molecule has 0 aliphatic carbocycles. The van der Waals surface area contributed by atoms with Gasteiger partial charge in [0.05, 0.1) is 23.5 Å². The van der Waals surface area contributed by atoms with Crippen LogP contribution in [0.5, 0.6) is 0 Å². The molecule has 1 fully saturated rings. The second-order valence-corrected chi connectivity index (χ2v) is 9.19. The molecule has 3 aromatic rings. The maximum absolute atomic E-state index is 9.48. The van der Waals surface area contributed by atoms with E-state index >= 15 is 0 Å². The summed E-state index contributed by atoms with van der Waals surface area (Å²) in [7, 11) is 0. The monoisotopic (exact) mass is 448 g/mol. The fourth-order valence-electron chi connectivity index (χ4n) is 5.18. The van der Waals surface area contributed by atoms with E-state index in [4.69, 9.17) is 12.2 Å². The summed E-state index contributed by atoms with van der Waals surface area (Å²) < 4.78 is 2.38. The first kappa shape index (κ1) is 22.5. The highest BCUT2D eigenvalue weighted by Crippen LogP contribution is 2.41. The van der Waals surface area contributed by atoms with E-state index in [-0.39, 0.29) is 18.7 Å². The Balaban J connectivity index is 1.86. The topological polar surface area (TPSA) is 53.3 Å². The number of aliphatic hydroxyl groups excluding tert-OH is 1. The zero-order chi connectivity index (χ0) is 23.0. The second-order valence-electron chi connectivity index (χ2n) is 8.81. The molecule has 0 amide bonds. The van der Waals surface area contributed by atoms with Gasteiger partial charge in [0.1, 0.15) is 0 Å². The van der Waals surface area contributed by atoms with E-state index in [2.05, 4.69) is 78.7 Å². The third kappa shape index (κ3) is 3.93. The normalized spacial score (nSPS) is 18.3. The van der Waals surface area contributed by atoms with Crippen molar-refractivity contribution in [3.63, 3.8) is 0 Å². The Bertz CT molecular complexity index is 1120. The number of rotatable bonds is 6. The molecular weight excluding hydrogens is 416 g/mol. The van der Waals surface area contributed by atoms with Crippen molar-refractivity contribution in [2.45, 2.75) is 53.1 Å². The highest BCUT2D eigenvalue weighted by Gasteiger charge is 2.41. The van der Waals surface area contributed by atoms with Crippen LogP contribution in [0.15, 0.2) is 42.6 Å². The third-order valence-electron chi connectivity index (χ3n) is 6.40. The van der Waals surface area contributed by atoms with Gasteiger partial charge in [-0.05, 0) is 88.1 Å². The molecule has 3 heterocycles. The molecule has 0 radical (unpaired) electrons. The molecule has 32 heavy (non-hydrogen) atoms. The summed E-state index contributed by atoms with van der Waals surface area (Å²) in [6, 6.07) is 12.8. The highest BCUT2D eigenvalue weighted by molar-refractivity contribution is 7.80. The summed E-state index contributed by atoms with van der Waals surface area (Å²) in [5, 5.41) is 13.7. The summed E-state index contributed by atoms with van der Waals surface area (Å²) in [6.45, 7) is 11.7. The first-order chi connectivity index (χ1) is 15.3. The van der Waals surface area contributed by atoms with Crippen LogP contribution in [0.25, 0.3) is 5.69 Å². The predicted molar refractivity (Wildman–Crippen MR) is 133 cm³/mol. The van der Waals surface area contributed by atoms with Crippen molar-refractivity contribution in [2.75, 3.05) is 13.2 Å². The van der Waals surface area contributed by atoms with E-state index in [1.165, 1.54) is 39.3 Å². The van der Waals surface area contributed by atoms with Gasteiger partial charge in [0.25, 0.3) is 0 Å². The minimum absolute atomic E-state index is 0.00922. The van der Waals surface area contributed by atoms with Crippen LogP contribution in [0.4, 0.5) is 0 Å². The first-order valence-corrected chi connectivity index (χ1v) is 11.6. The molecule has 2 aromatic heterocycles. The maximum Gasteiger partial charge on any atom is 0.170 e. The van der Waals surface area contributed by atoms with Gasteiger partial charge in [-0.2, -0.15) is 0 Å². The lowest BCUT2D eigenvalue weighted by molar-refractivity contribution is 0.247. The number of hydrogen-bond donors (Lipinski definition) is 2. The third-order valence-corrected chi connectivity index (χ3v) is 6.76. The number of aliphatic hydroxyl groups is 1. The summed E-state index contributed by atoms with van der Waals surface area (Å²) in [6.07, 6.45) is 2.50. The molecule has 0 spiro atoms. The van der Waals surface area contributed by atoms with E-state index in [9.17, 15) is 5.11 Å². The molecule has 0 bridgehead atoms. The van der Waals surface area contributed by atoms with Crippen LogP contribution in [0, 0.1) is 34.6 Å². The zero-order valence-electron chi connectivity index (χ0n) is 19.5. The van der Waals surface area contributed by atoms with Crippen molar-refractivity contribution in [3.8, 4) is 5.69 Å². The molecule has 6 heteroatoms. The summed E-state index contributed by atoms with van der Waals surface area (Å²) in [5.41, 5.74) is 9.70. The lowest BCUT2D eigenvalue weighted by atomic mass is 9.96. The van der Waals surface area contributed by atoms with Crippen LogP contribution >= 0.6 is 12.2 Å². The van der Waals surface area contributed by atoms with Crippen LogP contribution in [-0.2, 0) is 0 Å². The smallest absolute Gasteiger partial charge is 0.170 e. The Morgan fingerprint density at radius 1 is 1.06 bits per heavy atom. The molecule has 4 rings (SSSR count). The number of hydrogen-bond acceptors (Lipinski definition) is 3. The molecule has 1 saturated heterocycles. The second kappa shape index (κ2) is 9.04.